The van der Waals surface area contributed by atoms with Crippen molar-refractivity contribution in [3.05, 3.63) is 15.7 Å². The minimum atomic E-state index is -4.05. The van der Waals surface area contributed by atoms with E-state index in [1.54, 1.807) is 6.07 Å². The number of nitrogens with one attached hydrogen (secondary N) is 1. The smallest absolute Gasteiger partial charge is 0.292 e. The molecule has 2 heterocycles. The average molecular weight is 440 g/mol. The van der Waals surface area contributed by atoms with Crippen LogP contribution in [0.15, 0.2) is 25.7 Å². The first-order valence-corrected chi connectivity index (χ1v) is 9.87. The summed E-state index contributed by atoms with van der Waals surface area (Å²) in [5, 5.41) is 13.3. The number of H-pyrrole nitrogens is 1. The summed E-state index contributed by atoms with van der Waals surface area (Å²) in [5.74, 6) is 0.0947. The standard InChI is InChI=1S/C9H9IN6O3S2/c10-5-1-2-6-8(7(5)9-12-14-15-13-9)21(18,19)16-20(6,17)4-3-11/h1-2H,3-4,11H2,(H,12,13,14,15). The monoisotopic (exact) mass is 440 g/mol. The van der Waals surface area contributed by atoms with E-state index in [2.05, 4.69) is 24.4 Å². The van der Waals surface area contributed by atoms with E-state index < -0.39 is 19.8 Å². The lowest BCUT2D eigenvalue weighted by molar-refractivity contribution is 0.598. The number of aromatic nitrogens is 4. The summed E-state index contributed by atoms with van der Waals surface area (Å²) >= 11 is 1.96. The number of hydrogen-bond donors (Lipinski definition) is 2. The lowest BCUT2D eigenvalue weighted by Gasteiger charge is -2.07. The fraction of sp³-hybridized carbons (Fsp3) is 0.222. The molecule has 9 nitrogen and oxygen atoms in total. The first-order chi connectivity index (χ1) is 9.89. The highest BCUT2D eigenvalue weighted by molar-refractivity contribution is 14.1. The molecule has 1 aliphatic heterocycles. The van der Waals surface area contributed by atoms with Gasteiger partial charge in [0.15, 0.2) is 0 Å². The summed E-state index contributed by atoms with van der Waals surface area (Å²) in [4.78, 5) is 0.0439. The number of aromatic amines is 1. The molecule has 0 amide bonds. The van der Waals surface area contributed by atoms with Crippen molar-refractivity contribution in [3.63, 3.8) is 0 Å². The lowest BCUT2D eigenvalue weighted by atomic mass is 10.2. The number of nitrogens with two attached hydrogens (primary N) is 1. The highest BCUT2D eigenvalue weighted by Gasteiger charge is 2.38. The van der Waals surface area contributed by atoms with Crippen LogP contribution in [0.4, 0.5) is 0 Å². The van der Waals surface area contributed by atoms with Crippen LogP contribution in [0, 0.1) is 3.57 Å². The normalized spacial score (nSPS) is 22.8. The third-order valence-electron chi connectivity index (χ3n) is 2.85. The van der Waals surface area contributed by atoms with Crippen LogP contribution >= 0.6 is 22.6 Å². The zero-order chi connectivity index (χ0) is 15.3. The van der Waals surface area contributed by atoms with E-state index in [4.69, 9.17) is 5.73 Å². The van der Waals surface area contributed by atoms with Crippen molar-refractivity contribution in [2.75, 3.05) is 12.3 Å². The number of hydrogen-bond acceptors (Lipinski definition) is 7. The molecule has 0 bridgehead atoms. The zero-order valence-corrected chi connectivity index (χ0v) is 14.1. The number of rotatable bonds is 3. The van der Waals surface area contributed by atoms with Crippen LogP contribution in [0.2, 0.25) is 0 Å². The Kier molecular flexibility index (Phi) is 3.50. The van der Waals surface area contributed by atoms with E-state index in [9.17, 15) is 12.6 Å². The molecule has 1 atom stereocenters. The van der Waals surface area contributed by atoms with Crippen molar-refractivity contribution in [1.29, 1.82) is 0 Å². The summed E-state index contributed by atoms with van der Waals surface area (Å²) in [5.41, 5.74) is 5.68. The fourth-order valence-corrected chi connectivity index (χ4v) is 7.82. The van der Waals surface area contributed by atoms with E-state index in [1.165, 1.54) is 6.07 Å². The van der Waals surface area contributed by atoms with Gasteiger partial charge in [-0.05, 0) is 39.9 Å². The Morgan fingerprint density at radius 2 is 2.05 bits per heavy atom. The van der Waals surface area contributed by atoms with Crippen LogP contribution in [-0.2, 0) is 19.8 Å². The Morgan fingerprint density at radius 3 is 2.67 bits per heavy atom. The minimum absolute atomic E-state index is 0.0223. The van der Waals surface area contributed by atoms with Crippen LogP contribution < -0.4 is 5.73 Å². The van der Waals surface area contributed by atoms with Crippen LogP contribution in [0.5, 0.6) is 0 Å². The fourth-order valence-electron chi connectivity index (χ4n) is 2.07. The highest BCUT2D eigenvalue weighted by atomic mass is 127. The van der Waals surface area contributed by atoms with Crippen molar-refractivity contribution in [1.82, 2.24) is 20.6 Å². The van der Waals surface area contributed by atoms with Gasteiger partial charge in [-0.3, -0.25) is 0 Å². The van der Waals surface area contributed by atoms with E-state index in [0.717, 1.165) is 0 Å². The molecule has 0 spiro atoms. The molecule has 0 radical (unpaired) electrons. The molecule has 1 aliphatic rings. The number of fused-ring (bicyclic) bond motifs is 1. The zero-order valence-electron chi connectivity index (χ0n) is 10.4. The highest BCUT2D eigenvalue weighted by Crippen LogP contribution is 2.41. The van der Waals surface area contributed by atoms with E-state index in [1.807, 2.05) is 22.6 Å². The molecule has 0 saturated carbocycles. The average Bonchev–Trinajstić information content (AvgIpc) is 2.96. The van der Waals surface area contributed by atoms with Crippen LogP contribution in [0.3, 0.4) is 0 Å². The Labute approximate surface area is 134 Å². The molecular weight excluding hydrogens is 431 g/mol. The number of nitrogens with zero attached hydrogens (tertiary/aromatic N) is 4. The second-order valence-corrected chi connectivity index (χ2v) is 9.41. The second-order valence-electron chi connectivity index (χ2n) is 4.17. The molecule has 112 valence electrons. The van der Waals surface area contributed by atoms with Crippen molar-refractivity contribution < 1.29 is 12.6 Å². The van der Waals surface area contributed by atoms with Gasteiger partial charge in [0.1, 0.15) is 4.90 Å². The van der Waals surface area contributed by atoms with Gasteiger partial charge in [-0.1, -0.05) is 0 Å². The number of benzene rings is 1. The summed E-state index contributed by atoms with van der Waals surface area (Å²) in [7, 11) is -7.13. The van der Waals surface area contributed by atoms with Gasteiger partial charge in [-0.15, -0.1) is 14.0 Å². The summed E-state index contributed by atoms with van der Waals surface area (Å²) < 4.78 is 41.6. The summed E-state index contributed by atoms with van der Waals surface area (Å²) in [6, 6.07) is 3.16. The van der Waals surface area contributed by atoms with E-state index >= 15 is 0 Å². The minimum Gasteiger partial charge on any atom is -0.330 e. The number of sulfonamides is 1. The molecule has 1 aromatic carbocycles. The first kappa shape index (κ1) is 14.8. The molecule has 0 saturated heterocycles. The molecule has 2 aromatic rings. The van der Waals surface area contributed by atoms with Gasteiger partial charge in [0.25, 0.3) is 10.0 Å². The van der Waals surface area contributed by atoms with Gasteiger partial charge >= 0.3 is 0 Å². The molecule has 3 N–H and O–H groups in total. The second kappa shape index (κ2) is 4.96. The third-order valence-corrected chi connectivity index (χ3v) is 8.39. The Bertz CT molecular complexity index is 931. The lowest BCUT2D eigenvalue weighted by Crippen LogP contribution is -2.14. The molecule has 0 aliphatic carbocycles. The predicted molar refractivity (Wildman–Crippen MR) is 82.3 cm³/mol. The molecular formula is C9H9IN6O3S2. The molecule has 21 heavy (non-hydrogen) atoms. The van der Waals surface area contributed by atoms with Gasteiger partial charge in [-0.25, -0.2) is 4.21 Å². The molecule has 12 heteroatoms. The Balaban J connectivity index is 2.42. The number of tetrazole rings is 1. The van der Waals surface area contributed by atoms with Crippen LogP contribution in [0.25, 0.3) is 11.4 Å². The maximum Gasteiger partial charge on any atom is 0.292 e. The van der Waals surface area contributed by atoms with Gasteiger partial charge in [0.05, 0.1) is 20.2 Å². The third kappa shape index (κ3) is 2.25. The first-order valence-electron chi connectivity index (χ1n) is 5.66. The quantitative estimate of drug-likeness (QED) is 0.638. The molecule has 3 rings (SSSR count). The van der Waals surface area contributed by atoms with Crippen LogP contribution in [-0.4, -0.2) is 45.5 Å². The van der Waals surface area contributed by atoms with Crippen molar-refractivity contribution in [2.45, 2.75) is 9.79 Å². The molecule has 1 unspecified atom stereocenters. The molecule has 0 fully saturated rings. The van der Waals surface area contributed by atoms with Gasteiger partial charge in [0, 0.05) is 15.9 Å². The predicted octanol–water partition coefficient (Wildman–Crippen LogP) is -0.0408. The summed E-state index contributed by atoms with van der Waals surface area (Å²) in [6.45, 7) is 0.0703. The molecule has 1 aromatic heterocycles. The van der Waals surface area contributed by atoms with Gasteiger partial charge < -0.3 is 5.73 Å². The Morgan fingerprint density at radius 1 is 1.29 bits per heavy atom. The topological polar surface area (TPSA) is 144 Å². The maximum absolute atomic E-state index is 12.8. The van der Waals surface area contributed by atoms with Gasteiger partial charge in [0.2, 0.25) is 5.82 Å². The SMILES string of the molecule is NCCS1(=O)=NS(=O)(=O)c2c1ccc(I)c2-c1nn[nH]n1. The van der Waals surface area contributed by atoms with E-state index in [0.29, 0.717) is 3.57 Å². The van der Waals surface area contributed by atoms with E-state index in [-0.39, 0.29) is 33.5 Å². The largest absolute Gasteiger partial charge is 0.330 e. The van der Waals surface area contributed by atoms with Gasteiger partial charge in [-0.2, -0.15) is 13.6 Å². The van der Waals surface area contributed by atoms with Crippen molar-refractivity contribution in [3.8, 4) is 11.4 Å². The number of halogens is 1. The Hall–Kier alpha value is -1.12. The van der Waals surface area contributed by atoms with Crippen molar-refractivity contribution >= 4 is 42.3 Å². The van der Waals surface area contributed by atoms with Crippen molar-refractivity contribution in [2.24, 2.45) is 9.50 Å². The van der Waals surface area contributed by atoms with Crippen LogP contribution in [0.1, 0.15) is 0 Å². The maximum atomic E-state index is 12.8. The summed E-state index contributed by atoms with van der Waals surface area (Å²) in [6.07, 6.45) is 0.